The van der Waals surface area contributed by atoms with Crippen LogP contribution >= 0.6 is 11.8 Å². The fourth-order valence-corrected chi connectivity index (χ4v) is 4.66. The average molecular weight is 400 g/mol. The molecule has 1 aliphatic rings. The van der Waals surface area contributed by atoms with Gasteiger partial charge in [0.05, 0.1) is 0 Å². The number of anilines is 2. The zero-order valence-corrected chi connectivity index (χ0v) is 16.0. The van der Waals surface area contributed by atoms with Crippen LogP contribution in [0.2, 0.25) is 0 Å². The summed E-state index contributed by atoms with van der Waals surface area (Å²) >= 11 is 0.0827. The first-order valence-corrected chi connectivity index (χ1v) is 10.2. The molecule has 7 heteroatoms. The molecule has 0 unspecified atom stereocenters. The average Bonchev–Trinajstić information content (AvgIpc) is 2.67. The van der Waals surface area contributed by atoms with E-state index in [9.17, 15) is 13.2 Å². The summed E-state index contributed by atoms with van der Waals surface area (Å²) in [7, 11) is 0. The molecule has 0 aliphatic carbocycles. The van der Waals surface area contributed by atoms with Crippen LogP contribution in [-0.2, 0) is 6.42 Å². The summed E-state index contributed by atoms with van der Waals surface area (Å²) in [6.45, 7) is -0.483. The number of halogens is 3. The lowest BCUT2D eigenvalue weighted by Gasteiger charge is -2.31. The van der Waals surface area contributed by atoms with Gasteiger partial charge in [-0.1, -0.05) is 66.4 Å². The second kappa shape index (κ2) is 7.99. The Kier molecular flexibility index (Phi) is 5.44. The molecule has 0 amide bonds. The molecule has 3 aromatic rings. The van der Waals surface area contributed by atoms with Crippen LogP contribution in [0.3, 0.4) is 0 Å². The van der Waals surface area contributed by atoms with Gasteiger partial charge in [0.1, 0.15) is 0 Å². The van der Waals surface area contributed by atoms with Gasteiger partial charge in [0.2, 0.25) is 0 Å². The largest absolute Gasteiger partial charge is 0.441 e. The molecule has 1 heterocycles. The third kappa shape index (κ3) is 4.41. The van der Waals surface area contributed by atoms with Crippen molar-refractivity contribution in [3.05, 3.63) is 72.3 Å². The van der Waals surface area contributed by atoms with E-state index < -0.39 is 17.6 Å². The van der Waals surface area contributed by atoms with Gasteiger partial charge in [-0.25, -0.2) is 0 Å². The number of rotatable bonds is 6. The van der Waals surface area contributed by atoms with Gasteiger partial charge in [-0.3, -0.25) is 0 Å². The maximum Gasteiger partial charge on any atom is 0.441 e. The molecule has 144 valence electrons. The molecule has 0 radical (unpaired) electrons. The van der Waals surface area contributed by atoms with Gasteiger partial charge >= 0.3 is 12.5 Å². The maximum atomic E-state index is 13.2. The van der Waals surface area contributed by atoms with Crippen LogP contribution in [0.1, 0.15) is 18.4 Å². The maximum absolute atomic E-state index is 13.2. The van der Waals surface area contributed by atoms with E-state index in [1.165, 1.54) is 0 Å². The number of benzene rings is 3. The molecule has 3 aromatic carbocycles. The van der Waals surface area contributed by atoms with E-state index >= 15 is 0 Å². The number of aryl methyl sites for hydroxylation is 1. The van der Waals surface area contributed by atoms with Crippen molar-refractivity contribution in [1.82, 2.24) is 0 Å². The summed E-state index contributed by atoms with van der Waals surface area (Å²) in [4.78, 5) is 0. The van der Waals surface area contributed by atoms with Gasteiger partial charge < -0.3 is 10.5 Å². The van der Waals surface area contributed by atoms with E-state index in [4.69, 9.17) is 0 Å². The molecule has 28 heavy (non-hydrogen) atoms. The van der Waals surface area contributed by atoms with Crippen molar-refractivity contribution in [1.29, 1.82) is 0 Å². The van der Waals surface area contributed by atoms with Crippen LogP contribution in [0, 0.1) is 0 Å². The van der Waals surface area contributed by atoms with Crippen LogP contribution in [0.25, 0.3) is 10.8 Å². The molecule has 2 nitrogen and oxygen atoms in total. The Morgan fingerprint density at radius 1 is 0.857 bits per heavy atom. The Morgan fingerprint density at radius 3 is 2.11 bits per heavy atom. The van der Waals surface area contributed by atoms with E-state index in [2.05, 4.69) is 10.5 Å². The predicted molar refractivity (Wildman–Crippen MR) is 114 cm³/mol. The summed E-state index contributed by atoms with van der Waals surface area (Å²) in [5.41, 5.74) is -1.36. The highest BCUT2D eigenvalue weighted by atomic mass is 32.2. The van der Waals surface area contributed by atoms with Gasteiger partial charge in [0.25, 0.3) is 0 Å². The SMILES string of the molecule is FC(F)(F)S[C@H](CCCc1ccccc1)B1Nc2cccc3cccc(c23)N1. The number of nitrogens with one attached hydrogen (secondary N) is 2. The molecular formula is C21H20BF3N2S. The number of hydrogen-bond acceptors (Lipinski definition) is 3. The Balaban J connectivity index is 1.52. The van der Waals surface area contributed by atoms with Crippen molar-refractivity contribution in [3.63, 3.8) is 0 Å². The standard InChI is InChI=1S/C21H20BF3N2S/c23-21(24,25)28-19(14-4-9-15-7-2-1-3-8-15)22-26-17-12-5-10-16-11-6-13-18(27-22)20(16)17/h1-3,5-8,10-13,19,26-27H,4,9,14H2/t19-/m1/s1. The molecule has 0 saturated heterocycles. The Bertz CT molecular complexity index is 909. The van der Waals surface area contributed by atoms with Crippen molar-refractivity contribution in [2.75, 3.05) is 10.5 Å². The Hall–Kier alpha value is -2.28. The fraction of sp³-hybridized carbons (Fsp3) is 0.238. The molecule has 0 spiro atoms. The van der Waals surface area contributed by atoms with Gasteiger partial charge in [0, 0.05) is 21.9 Å². The minimum Gasteiger partial charge on any atom is -0.408 e. The number of alkyl halides is 3. The lowest BCUT2D eigenvalue weighted by atomic mass is 9.67. The summed E-state index contributed by atoms with van der Waals surface area (Å²) < 4.78 is 39.7. The second-order valence-corrected chi connectivity index (χ2v) is 8.26. The summed E-state index contributed by atoms with van der Waals surface area (Å²) in [5, 5.41) is 8.07. The smallest absolute Gasteiger partial charge is 0.408 e. The summed E-state index contributed by atoms with van der Waals surface area (Å²) in [6, 6.07) is 21.6. The van der Waals surface area contributed by atoms with Crippen LogP contribution in [0.4, 0.5) is 24.5 Å². The van der Waals surface area contributed by atoms with Crippen LogP contribution in [0.5, 0.6) is 0 Å². The molecule has 0 fully saturated rings. The van der Waals surface area contributed by atoms with Gasteiger partial charge in [-0.2, -0.15) is 13.2 Å². The fourth-order valence-electron chi connectivity index (χ4n) is 3.76. The molecule has 4 rings (SSSR count). The van der Waals surface area contributed by atoms with E-state index in [-0.39, 0.29) is 11.8 Å². The van der Waals surface area contributed by atoms with Crippen LogP contribution < -0.4 is 10.5 Å². The number of thioether (sulfide) groups is 1. The van der Waals surface area contributed by atoms with Crippen molar-refractivity contribution in [2.24, 2.45) is 0 Å². The van der Waals surface area contributed by atoms with E-state index in [0.29, 0.717) is 12.8 Å². The van der Waals surface area contributed by atoms with E-state index in [0.717, 1.165) is 34.1 Å². The minimum absolute atomic E-state index is 0.0827. The Morgan fingerprint density at radius 2 is 1.50 bits per heavy atom. The molecule has 0 bridgehead atoms. The van der Waals surface area contributed by atoms with Gasteiger partial charge in [-0.15, -0.1) is 0 Å². The summed E-state index contributed by atoms with van der Waals surface area (Å²) in [5.74, 6) is 0. The Labute approximate surface area is 167 Å². The first kappa shape index (κ1) is 19.1. The molecular weight excluding hydrogens is 380 g/mol. The summed E-state index contributed by atoms with van der Waals surface area (Å²) in [6.07, 6.45) is 1.93. The highest BCUT2D eigenvalue weighted by Gasteiger charge is 2.40. The number of hydrogen-bond donors (Lipinski definition) is 2. The molecule has 0 aromatic heterocycles. The first-order valence-electron chi connectivity index (χ1n) is 9.33. The van der Waals surface area contributed by atoms with Crippen molar-refractivity contribution in [2.45, 2.75) is 29.9 Å². The van der Waals surface area contributed by atoms with Gasteiger partial charge in [0.15, 0.2) is 0 Å². The zero-order chi connectivity index (χ0) is 19.6. The lowest BCUT2D eigenvalue weighted by Crippen LogP contribution is -2.47. The van der Waals surface area contributed by atoms with Crippen molar-refractivity contribution in [3.8, 4) is 0 Å². The minimum atomic E-state index is -4.27. The quantitative estimate of drug-likeness (QED) is 0.472. The lowest BCUT2D eigenvalue weighted by molar-refractivity contribution is -0.0330. The monoisotopic (exact) mass is 400 g/mol. The highest BCUT2D eigenvalue weighted by molar-refractivity contribution is 8.02. The molecule has 1 atom stereocenters. The first-order chi connectivity index (χ1) is 13.5. The molecule has 2 N–H and O–H groups in total. The van der Waals surface area contributed by atoms with Crippen molar-refractivity contribution < 1.29 is 13.2 Å². The predicted octanol–water partition coefficient (Wildman–Crippen LogP) is 6.35. The zero-order valence-electron chi connectivity index (χ0n) is 15.2. The third-order valence-corrected chi connectivity index (χ3v) is 6.06. The normalized spacial score (nSPS) is 14.5. The third-order valence-electron chi connectivity index (χ3n) is 4.98. The van der Waals surface area contributed by atoms with Crippen LogP contribution in [-0.4, -0.2) is 17.6 Å². The van der Waals surface area contributed by atoms with E-state index in [1.807, 2.05) is 66.7 Å². The topological polar surface area (TPSA) is 24.1 Å². The van der Waals surface area contributed by atoms with Crippen LogP contribution in [0.15, 0.2) is 66.7 Å². The molecule has 0 saturated carbocycles. The molecule has 1 aliphatic heterocycles. The highest BCUT2D eigenvalue weighted by Crippen LogP contribution is 2.40. The second-order valence-electron chi connectivity index (χ2n) is 6.96. The van der Waals surface area contributed by atoms with Gasteiger partial charge in [-0.05, 0) is 42.3 Å². The van der Waals surface area contributed by atoms with Crippen molar-refractivity contribution >= 4 is 40.9 Å². The van der Waals surface area contributed by atoms with E-state index in [1.54, 1.807) is 0 Å².